The number of rotatable bonds is 5. The minimum atomic E-state index is 0.805. The molecule has 10 aromatic rings. The van der Waals surface area contributed by atoms with E-state index >= 15 is 0 Å². The van der Waals surface area contributed by atoms with Crippen molar-refractivity contribution in [2.45, 2.75) is 0 Å². The average Bonchev–Trinajstić information content (AvgIpc) is 3.65. The largest absolute Gasteiger partial charge is 0.275 e. The third kappa shape index (κ3) is 4.74. The van der Waals surface area contributed by atoms with Crippen LogP contribution >= 0.6 is 0 Å². The van der Waals surface area contributed by atoms with Crippen LogP contribution in [0.3, 0.4) is 0 Å². The predicted octanol–water partition coefficient (Wildman–Crippen LogP) is 12.5. The van der Waals surface area contributed by atoms with Gasteiger partial charge < -0.3 is 0 Å². The van der Waals surface area contributed by atoms with Gasteiger partial charge in [0.1, 0.15) is 0 Å². The molecule has 0 aliphatic rings. The fraction of sp³-hybridized carbons (Fsp3) is 0. The molecule has 3 heteroatoms. The normalized spacial score (nSPS) is 11.5. The number of hydrogen-bond donors (Lipinski definition) is 0. The Kier molecular flexibility index (Phi) is 6.81. The molecule has 3 nitrogen and oxygen atoms in total. The van der Waals surface area contributed by atoms with E-state index in [9.17, 15) is 0 Å². The Bertz CT molecular complexity index is 2730. The first-order chi connectivity index (χ1) is 25.3. The maximum Gasteiger partial charge on any atom is 0.169 e. The number of para-hydroxylation sites is 1. The third-order valence-corrected chi connectivity index (χ3v) is 10.2. The monoisotopic (exact) mass is 649 g/mol. The highest BCUT2D eigenvalue weighted by Crippen LogP contribution is 2.42. The van der Waals surface area contributed by atoms with E-state index < -0.39 is 0 Å². The van der Waals surface area contributed by atoms with Crippen molar-refractivity contribution in [2.24, 2.45) is 0 Å². The second-order valence-corrected chi connectivity index (χ2v) is 13.0. The Morgan fingerprint density at radius 3 is 1.06 bits per heavy atom. The first kappa shape index (κ1) is 29.1. The van der Waals surface area contributed by atoms with Gasteiger partial charge in [-0.05, 0) is 89.6 Å². The highest BCUT2D eigenvalue weighted by Gasteiger charge is 2.22. The molecule has 0 aliphatic carbocycles. The van der Waals surface area contributed by atoms with E-state index in [2.05, 4.69) is 193 Å². The van der Waals surface area contributed by atoms with Crippen molar-refractivity contribution in [1.29, 1.82) is 0 Å². The molecule has 1 heterocycles. The summed E-state index contributed by atoms with van der Waals surface area (Å²) in [5.41, 5.74) is 7.93. The number of nitrogens with zero attached hydrogens (tertiary/aromatic N) is 3. The first-order valence-corrected chi connectivity index (χ1v) is 17.3. The maximum atomic E-state index is 4.98. The van der Waals surface area contributed by atoms with E-state index in [-0.39, 0.29) is 0 Å². The van der Waals surface area contributed by atoms with Crippen LogP contribution < -0.4 is 0 Å². The summed E-state index contributed by atoms with van der Waals surface area (Å²) in [6.45, 7) is 0. The minimum absolute atomic E-state index is 0.805. The molecule has 0 fully saturated rings. The van der Waals surface area contributed by atoms with Crippen molar-refractivity contribution in [3.05, 3.63) is 188 Å². The Labute approximate surface area is 295 Å². The SMILES string of the molecule is c1ccc(-n2c(-c3ccc(-c4cccc5ccccc45)c4ccccc34)nnc2-c2ccc(-c3cccc4ccccc34)c3ccccc23)cc1. The quantitative estimate of drug-likeness (QED) is 0.186. The number of hydrogen-bond acceptors (Lipinski definition) is 2. The third-order valence-electron chi connectivity index (χ3n) is 10.2. The Morgan fingerprint density at radius 2 is 0.588 bits per heavy atom. The van der Waals surface area contributed by atoms with Crippen LogP contribution in [0.5, 0.6) is 0 Å². The van der Waals surface area contributed by atoms with Crippen molar-refractivity contribution in [3.63, 3.8) is 0 Å². The molecular formula is C48H31N3. The zero-order valence-corrected chi connectivity index (χ0v) is 27.7. The van der Waals surface area contributed by atoms with E-state index in [1.807, 2.05) is 0 Å². The zero-order valence-electron chi connectivity index (χ0n) is 27.7. The summed E-state index contributed by atoms with van der Waals surface area (Å²) >= 11 is 0. The van der Waals surface area contributed by atoms with Crippen LogP contribution in [-0.2, 0) is 0 Å². The molecule has 0 aliphatic heterocycles. The van der Waals surface area contributed by atoms with Crippen LogP contribution in [0.4, 0.5) is 0 Å². The highest BCUT2D eigenvalue weighted by atomic mass is 15.3. The van der Waals surface area contributed by atoms with Gasteiger partial charge in [-0.15, -0.1) is 10.2 Å². The van der Waals surface area contributed by atoms with Gasteiger partial charge in [-0.25, -0.2) is 0 Å². The van der Waals surface area contributed by atoms with E-state index in [4.69, 9.17) is 10.2 Å². The Hall–Kier alpha value is -6.84. The highest BCUT2D eigenvalue weighted by molar-refractivity contribution is 6.11. The van der Waals surface area contributed by atoms with Gasteiger partial charge in [-0.1, -0.05) is 164 Å². The van der Waals surface area contributed by atoms with Crippen LogP contribution in [0.15, 0.2) is 188 Å². The van der Waals surface area contributed by atoms with Crippen molar-refractivity contribution < 1.29 is 0 Å². The molecule has 0 radical (unpaired) electrons. The first-order valence-electron chi connectivity index (χ1n) is 17.3. The fourth-order valence-corrected chi connectivity index (χ4v) is 7.83. The van der Waals surface area contributed by atoms with Gasteiger partial charge in [0.2, 0.25) is 0 Å². The summed E-state index contributed by atoms with van der Waals surface area (Å²) in [6.07, 6.45) is 0. The molecule has 238 valence electrons. The molecule has 0 N–H and O–H groups in total. The van der Waals surface area contributed by atoms with Gasteiger partial charge in [0, 0.05) is 16.8 Å². The van der Waals surface area contributed by atoms with Gasteiger partial charge in [0.05, 0.1) is 0 Å². The molecular weight excluding hydrogens is 619 g/mol. The number of aromatic nitrogens is 3. The van der Waals surface area contributed by atoms with Crippen LogP contribution in [0.25, 0.3) is 93.8 Å². The van der Waals surface area contributed by atoms with Crippen LogP contribution in [0, 0.1) is 0 Å². The van der Waals surface area contributed by atoms with Crippen LogP contribution in [-0.4, -0.2) is 14.8 Å². The lowest BCUT2D eigenvalue weighted by molar-refractivity contribution is 1.08. The molecule has 9 aromatic carbocycles. The van der Waals surface area contributed by atoms with Gasteiger partial charge in [0.15, 0.2) is 11.6 Å². The Balaban J connectivity index is 1.20. The fourth-order valence-electron chi connectivity index (χ4n) is 7.83. The second kappa shape index (κ2) is 11.9. The van der Waals surface area contributed by atoms with Crippen LogP contribution in [0.1, 0.15) is 0 Å². The minimum Gasteiger partial charge on any atom is -0.275 e. The molecule has 51 heavy (non-hydrogen) atoms. The summed E-state index contributed by atoms with van der Waals surface area (Å²) in [4.78, 5) is 0. The van der Waals surface area contributed by atoms with Crippen molar-refractivity contribution >= 4 is 43.1 Å². The molecule has 0 amide bonds. The standard InChI is InChI=1S/C48H31N3/c1-2-18-34(19-3-1)51-47(45-30-28-43(39-22-8-10-24-41(39)45)37-26-12-16-32-14-4-6-20-35(32)37)49-50-48(51)46-31-29-44(40-23-9-11-25-42(40)46)38-27-13-17-33-15-5-7-21-36(33)38/h1-31H. The predicted molar refractivity (Wildman–Crippen MR) is 213 cm³/mol. The molecule has 0 atom stereocenters. The van der Waals surface area contributed by atoms with E-state index in [0.29, 0.717) is 0 Å². The van der Waals surface area contributed by atoms with E-state index in [1.165, 1.54) is 54.6 Å². The van der Waals surface area contributed by atoms with Gasteiger partial charge in [0.25, 0.3) is 0 Å². The molecule has 1 aromatic heterocycles. The van der Waals surface area contributed by atoms with E-state index in [1.54, 1.807) is 0 Å². The second-order valence-electron chi connectivity index (χ2n) is 13.0. The van der Waals surface area contributed by atoms with Crippen LogP contribution in [0.2, 0.25) is 0 Å². The molecule has 0 bridgehead atoms. The zero-order chi connectivity index (χ0) is 33.7. The summed E-state index contributed by atoms with van der Waals surface area (Å²) in [7, 11) is 0. The Morgan fingerprint density at radius 1 is 0.255 bits per heavy atom. The van der Waals surface area contributed by atoms with Crippen molar-refractivity contribution in [1.82, 2.24) is 14.8 Å². The van der Waals surface area contributed by atoms with Crippen molar-refractivity contribution in [3.8, 4) is 50.7 Å². The summed E-state index contributed by atoms with van der Waals surface area (Å²) in [5.74, 6) is 1.61. The molecule has 0 saturated carbocycles. The molecule has 0 saturated heterocycles. The lowest BCUT2D eigenvalue weighted by Crippen LogP contribution is -2.01. The topological polar surface area (TPSA) is 30.7 Å². The number of fused-ring (bicyclic) bond motifs is 4. The van der Waals surface area contributed by atoms with E-state index in [0.717, 1.165) is 39.2 Å². The van der Waals surface area contributed by atoms with Gasteiger partial charge >= 0.3 is 0 Å². The lowest BCUT2D eigenvalue weighted by atomic mass is 9.91. The average molecular weight is 650 g/mol. The molecule has 0 unspecified atom stereocenters. The summed E-state index contributed by atoms with van der Waals surface area (Å²) < 4.78 is 2.22. The molecule has 10 rings (SSSR count). The molecule has 0 spiro atoms. The number of benzene rings is 9. The maximum absolute atomic E-state index is 4.98. The van der Waals surface area contributed by atoms with Crippen molar-refractivity contribution in [2.75, 3.05) is 0 Å². The smallest absolute Gasteiger partial charge is 0.169 e. The van der Waals surface area contributed by atoms with Gasteiger partial charge in [-0.3, -0.25) is 4.57 Å². The van der Waals surface area contributed by atoms with Gasteiger partial charge in [-0.2, -0.15) is 0 Å². The summed E-state index contributed by atoms with van der Waals surface area (Å²) in [6, 6.07) is 67.0. The summed E-state index contributed by atoms with van der Waals surface area (Å²) in [5, 5.41) is 19.5. The lowest BCUT2D eigenvalue weighted by Gasteiger charge is -2.16.